The van der Waals surface area contributed by atoms with Gasteiger partial charge in [-0.3, -0.25) is 0 Å². The van der Waals surface area contributed by atoms with Crippen LogP contribution in [0.25, 0.3) is 11.4 Å². The maximum atomic E-state index is 8.77. The Hall–Kier alpha value is -2.28. The van der Waals surface area contributed by atoms with E-state index in [-0.39, 0.29) is 0 Å². The van der Waals surface area contributed by atoms with Crippen molar-refractivity contribution in [2.45, 2.75) is 19.8 Å². The minimum absolute atomic E-state index is 0.375. The molecule has 1 heterocycles. The number of benzene rings is 1. The molecule has 4 nitrogen and oxygen atoms in total. The molecule has 2 rings (SSSR count). The second-order valence-electron chi connectivity index (χ2n) is 4.35. The molecule has 98 valence electrons. The molecule has 0 aliphatic carbocycles. The maximum Gasteiger partial charge on any atom is 0.139 e. The van der Waals surface area contributed by atoms with Crippen molar-refractivity contribution in [2.75, 3.05) is 7.11 Å². The molecule has 0 aliphatic heterocycles. The summed E-state index contributed by atoms with van der Waals surface area (Å²) in [6.07, 6.45) is 3.04. The first-order chi connectivity index (χ1) is 9.21. The van der Waals surface area contributed by atoms with E-state index in [1.807, 2.05) is 23.7 Å². The third-order valence-corrected chi connectivity index (χ3v) is 3.26. The third kappa shape index (κ3) is 2.45. The lowest BCUT2D eigenvalue weighted by atomic mass is 10.1. The van der Waals surface area contributed by atoms with E-state index in [1.54, 1.807) is 13.3 Å². The largest absolute Gasteiger partial charge is 0.496 e. The van der Waals surface area contributed by atoms with Gasteiger partial charge in [-0.15, -0.1) is 0 Å². The Kier molecular flexibility index (Phi) is 3.86. The molecule has 0 N–H and O–H groups in total. The summed E-state index contributed by atoms with van der Waals surface area (Å²) in [6.45, 7) is 2.10. The SMILES string of the molecule is CCc1cc(-c2ncc(CC#N)n2C)ccc1OC. The lowest BCUT2D eigenvalue weighted by molar-refractivity contribution is 0.410. The first-order valence-corrected chi connectivity index (χ1v) is 6.26. The molecule has 0 saturated carbocycles. The van der Waals surface area contributed by atoms with Crippen molar-refractivity contribution < 1.29 is 4.74 Å². The van der Waals surface area contributed by atoms with Gasteiger partial charge < -0.3 is 9.30 Å². The quantitative estimate of drug-likeness (QED) is 0.844. The summed E-state index contributed by atoms with van der Waals surface area (Å²) in [5.41, 5.74) is 3.13. The zero-order valence-electron chi connectivity index (χ0n) is 11.5. The number of methoxy groups -OCH3 is 1. The molecule has 0 bridgehead atoms. The molecule has 0 saturated heterocycles. The van der Waals surface area contributed by atoms with Crippen LogP contribution in [0.1, 0.15) is 18.2 Å². The van der Waals surface area contributed by atoms with Gasteiger partial charge in [-0.25, -0.2) is 4.98 Å². The van der Waals surface area contributed by atoms with Crippen molar-refractivity contribution in [1.82, 2.24) is 9.55 Å². The monoisotopic (exact) mass is 255 g/mol. The number of nitriles is 1. The van der Waals surface area contributed by atoms with Crippen LogP contribution >= 0.6 is 0 Å². The first kappa shape index (κ1) is 13.2. The first-order valence-electron chi connectivity index (χ1n) is 6.26. The van der Waals surface area contributed by atoms with Crippen molar-refractivity contribution in [1.29, 1.82) is 5.26 Å². The molecule has 0 aliphatic rings. The molecule has 0 amide bonds. The molecule has 1 aromatic carbocycles. The van der Waals surface area contributed by atoms with Crippen LogP contribution in [0.5, 0.6) is 5.75 Å². The summed E-state index contributed by atoms with van der Waals surface area (Å²) >= 11 is 0. The second-order valence-corrected chi connectivity index (χ2v) is 4.35. The van der Waals surface area contributed by atoms with E-state index in [0.29, 0.717) is 6.42 Å². The van der Waals surface area contributed by atoms with Crippen LogP contribution in [-0.4, -0.2) is 16.7 Å². The van der Waals surface area contributed by atoms with E-state index >= 15 is 0 Å². The number of nitrogens with zero attached hydrogens (tertiary/aromatic N) is 3. The second kappa shape index (κ2) is 5.57. The lowest BCUT2D eigenvalue weighted by Gasteiger charge is -2.09. The van der Waals surface area contributed by atoms with E-state index in [1.165, 1.54) is 0 Å². The van der Waals surface area contributed by atoms with Gasteiger partial charge in [0.1, 0.15) is 11.6 Å². The molecular weight excluding hydrogens is 238 g/mol. The normalized spacial score (nSPS) is 10.2. The smallest absolute Gasteiger partial charge is 0.139 e. The molecule has 0 fully saturated rings. The molecule has 0 spiro atoms. The van der Waals surface area contributed by atoms with Crippen molar-refractivity contribution >= 4 is 0 Å². The number of hydrogen-bond donors (Lipinski definition) is 0. The van der Waals surface area contributed by atoms with Crippen molar-refractivity contribution in [3.63, 3.8) is 0 Å². The minimum atomic E-state index is 0.375. The fourth-order valence-electron chi connectivity index (χ4n) is 2.15. The standard InChI is InChI=1S/C15H17N3O/c1-4-11-9-12(5-6-14(11)19-3)15-17-10-13(7-8-16)18(15)2/h5-6,9-10H,4,7H2,1-3H3. The Morgan fingerprint density at radius 1 is 1.42 bits per heavy atom. The van der Waals surface area contributed by atoms with Gasteiger partial charge in [-0.1, -0.05) is 6.92 Å². The lowest BCUT2D eigenvalue weighted by Crippen LogP contribution is -1.99. The highest BCUT2D eigenvalue weighted by Gasteiger charge is 2.10. The predicted molar refractivity (Wildman–Crippen MR) is 73.9 cm³/mol. The van der Waals surface area contributed by atoms with Crippen molar-refractivity contribution in [3.05, 3.63) is 35.7 Å². The molecule has 0 unspecified atom stereocenters. The van der Waals surface area contributed by atoms with E-state index in [4.69, 9.17) is 10.00 Å². The molecule has 0 radical (unpaired) electrons. The Bertz CT molecular complexity index is 623. The van der Waals surface area contributed by atoms with Crippen LogP contribution in [-0.2, 0) is 19.9 Å². The molecule has 1 aromatic heterocycles. The van der Waals surface area contributed by atoms with Gasteiger partial charge in [0.2, 0.25) is 0 Å². The van der Waals surface area contributed by atoms with Crippen molar-refractivity contribution in [3.8, 4) is 23.2 Å². The Morgan fingerprint density at radius 3 is 2.84 bits per heavy atom. The topological polar surface area (TPSA) is 50.8 Å². The number of aryl methyl sites for hydroxylation is 1. The predicted octanol–water partition coefficient (Wildman–Crippen LogP) is 2.72. The van der Waals surface area contributed by atoms with Gasteiger partial charge in [-0.2, -0.15) is 5.26 Å². The summed E-state index contributed by atoms with van der Waals surface area (Å²) in [7, 11) is 3.62. The van der Waals surface area contributed by atoms with Gasteiger partial charge in [0.05, 0.1) is 25.3 Å². The van der Waals surface area contributed by atoms with Gasteiger partial charge in [0.25, 0.3) is 0 Å². The zero-order chi connectivity index (χ0) is 13.8. The van der Waals surface area contributed by atoms with Gasteiger partial charge in [-0.05, 0) is 30.2 Å². The van der Waals surface area contributed by atoms with Crippen molar-refractivity contribution in [2.24, 2.45) is 7.05 Å². The van der Waals surface area contributed by atoms with Crippen LogP contribution in [0.4, 0.5) is 0 Å². The number of aromatic nitrogens is 2. The average Bonchev–Trinajstić information content (AvgIpc) is 2.80. The van der Waals surface area contributed by atoms with Gasteiger partial charge in [0.15, 0.2) is 0 Å². The molecule has 4 heteroatoms. The highest BCUT2D eigenvalue weighted by atomic mass is 16.5. The zero-order valence-corrected chi connectivity index (χ0v) is 11.5. The van der Waals surface area contributed by atoms with Crippen LogP contribution in [0.2, 0.25) is 0 Å². The van der Waals surface area contributed by atoms with Gasteiger partial charge >= 0.3 is 0 Å². The number of rotatable bonds is 4. The molecular formula is C15H17N3O. The highest BCUT2D eigenvalue weighted by molar-refractivity contribution is 5.60. The minimum Gasteiger partial charge on any atom is -0.496 e. The van der Waals surface area contributed by atoms with Crippen LogP contribution in [0, 0.1) is 11.3 Å². The third-order valence-electron chi connectivity index (χ3n) is 3.26. The van der Waals surface area contributed by atoms with E-state index in [9.17, 15) is 0 Å². The molecule has 2 aromatic rings. The average molecular weight is 255 g/mol. The Labute approximate surface area is 113 Å². The fraction of sp³-hybridized carbons (Fsp3) is 0.333. The molecule has 0 atom stereocenters. The molecule has 19 heavy (non-hydrogen) atoms. The fourth-order valence-corrected chi connectivity index (χ4v) is 2.15. The maximum absolute atomic E-state index is 8.77. The summed E-state index contributed by atoms with van der Waals surface area (Å²) in [4.78, 5) is 4.41. The Balaban J connectivity index is 2.45. The number of ether oxygens (including phenoxy) is 1. The van der Waals surface area contributed by atoms with E-state index in [0.717, 1.165) is 34.8 Å². The summed E-state index contributed by atoms with van der Waals surface area (Å²) in [6, 6.07) is 8.21. The summed E-state index contributed by atoms with van der Waals surface area (Å²) in [5, 5.41) is 8.77. The number of hydrogen-bond acceptors (Lipinski definition) is 3. The number of imidazole rings is 1. The van der Waals surface area contributed by atoms with Crippen LogP contribution in [0.15, 0.2) is 24.4 Å². The van der Waals surface area contributed by atoms with Gasteiger partial charge in [0, 0.05) is 18.8 Å². The summed E-state index contributed by atoms with van der Waals surface area (Å²) in [5.74, 6) is 1.78. The van der Waals surface area contributed by atoms with E-state index < -0.39 is 0 Å². The Morgan fingerprint density at radius 2 is 2.21 bits per heavy atom. The van der Waals surface area contributed by atoms with E-state index in [2.05, 4.69) is 24.0 Å². The highest BCUT2D eigenvalue weighted by Crippen LogP contribution is 2.26. The van der Waals surface area contributed by atoms with Crippen LogP contribution < -0.4 is 4.74 Å². The van der Waals surface area contributed by atoms with Crippen LogP contribution in [0.3, 0.4) is 0 Å². The summed E-state index contributed by atoms with van der Waals surface area (Å²) < 4.78 is 7.29.